The zero-order valence-corrected chi connectivity index (χ0v) is 20.3. The molecule has 0 saturated carbocycles. The smallest absolute Gasteiger partial charge is 0.307 e. The third-order valence-corrected chi connectivity index (χ3v) is 6.95. The summed E-state index contributed by atoms with van der Waals surface area (Å²) in [5.74, 6) is -0.861. The number of nitrogens with zero attached hydrogens (tertiary/aromatic N) is 4. The molecule has 34 heavy (non-hydrogen) atoms. The molecule has 2 unspecified atom stereocenters. The molecule has 0 aliphatic carbocycles. The second kappa shape index (κ2) is 11.4. The normalized spacial score (nSPS) is 16.3. The molecule has 2 N–H and O–H groups in total. The summed E-state index contributed by atoms with van der Waals surface area (Å²) >= 11 is 0. The summed E-state index contributed by atoms with van der Waals surface area (Å²) in [6, 6.07) is 17.3. The van der Waals surface area contributed by atoms with Crippen LogP contribution in [0.15, 0.2) is 48.5 Å². The van der Waals surface area contributed by atoms with Gasteiger partial charge in [-0.3, -0.25) is 9.69 Å². The molecule has 4 rings (SSSR count). The monoisotopic (exact) mass is 462 g/mol. The van der Waals surface area contributed by atoms with E-state index in [1.165, 1.54) is 49.0 Å². The van der Waals surface area contributed by atoms with Gasteiger partial charge in [-0.2, -0.15) is 4.68 Å². The van der Waals surface area contributed by atoms with Crippen LogP contribution in [0.25, 0.3) is 11.1 Å². The van der Waals surface area contributed by atoms with E-state index >= 15 is 0 Å². The summed E-state index contributed by atoms with van der Waals surface area (Å²) in [6.45, 7) is 5.41. The van der Waals surface area contributed by atoms with Crippen LogP contribution in [0.3, 0.4) is 0 Å². The van der Waals surface area contributed by atoms with Gasteiger partial charge in [0.25, 0.3) is 0 Å². The highest BCUT2D eigenvalue weighted by molar-refractivity contribution is 5.71. The van der Waals surface area contributed by atoms with Gasteiger partial charge in [-0.1, -0.05) is 67.4 Å². The Hall–Kier alpha value is -3.06. The van der Waals surface area contributed by atoms with E-state index in [0.717, 1.165) is 18.5 Å². The van der Waals surface area contributed by atoms with Gasteiger partial charge < -0.3 is 5.11 Å². The van der Waals surface area contributed by atoms with Crippen LogP contribution in [0.2, 0.25) is 0 Å². The van der Waals surface area contributed by atoms with Crippen LogP contribution in [0.4, 0.5) is 0 Å². The maximum atomic E-state index is 12.1. The molecule has 0 radical (unpaired) electrons. The Kier molecular flexibility index (Phi) is 8.06. The van der Waals surface area contributed by atoms with Crippen LogP contribution in [-0.2, 0) is 24.8 Å². The predicted octanol–water partition coefficient (Wildman–Crippen LogP) is 4.11. The number of hydrogen-bond acceptors (Lipinski definition) is 4. The molecule has 2 atom stereocenters. The highest BCUT2D eigenvalue weighted by Gasteiger charge is 2.36. The van der Waals surface area contributed by atoms with Crippen molar-refractivity contribution in [1.82, 2.24) is 20.4 Å². The predicted molar refractivity (Wildman–Crippen MR) is 131 cm³/mol. The first-order chi connectivity index (χ1) is 16.5. The lowest BCUT2D eigenvalue weighted by molar-refractivity contribution is -0.739. The quantitative estimate of drug-likeness (QED) is 0.443. The molecule has 1 saturated heterocycles. The van der Waals surface area contributed by atoms with E-state index in [1.54, 1.807) is 4.68 Å². The molecule has 1 aromatic heterocycles. The Balaban J connectivity index is 1.51. The first-order valence-corrected chi connectivity index (χ1v) is 12.5. The number of tetrazole rings is 1. The van der Waals surface area contributed by atoms with Crippen molar-refractivity contribution in [1.29, 1.82) is 0 Å². The number of aromatic nitrogens is 4. The fourth-order valence-electron chi connectivity index (χ4n) is 5.12. The van der Waals surface area contributed by atoms with Crippen LogP contribution in [0.1, 0.15) is 61.9 Å². The molecular weight excluding hydrogens is 426 g/mol. The van der Waals surface area contributed by atoms with Gasteiger partial charge in [0.1, 0.15) is 5.10 Å². The fourth-order valence-corrected chi connectivity index (χ4v) is 5.12. The summed E-state index contributed by atoms with van der Waals surface area (Å²) in [7, 11) is 1.83. The minimum atomic E-state index is -0.781. The summed E-state index contributed by atoms with van der Waals surface area (Å²) in [5, 5.41) is 20.8. The number of aromatic amines is 1. The van der Waals surface area contributed by atoms with Crippen LogP contribution in [-0.4, -0.2) is 44.6 Å². The number of H-pyrrole nitrogens is 1. The minimum Gasteiger partial charge on any atom is -0.481 e. The molecule has 0 bridgehead atoms. The first kappa shape index (κ1) is 24.1. The average Bonchev–Trinajstić information content (AvgIpc) is 3.28. The Morgan fingerprint density at radius 3 is 2.50 bits per heavy atom. The number of aryl methyl sites for hydroxylation is 1. The number of hydrogen-bond donors (Lipinski definition) is 2. The van der Waals surface area contributed by atoms with E-state index in [0.29, 0.717) is 18.7 Å². The topological polar surface area (TPSA) is 86.0 Å². The van der Waals surface area contributed by atoms with Crippen LogP contribution < -0.4 is 4.68 Å². The van der Waals surface area contributed by atoms with E-state index in [9.17, 15) is 9.90 Å². The van der Waals surface area contributed by atoms with E-state index in [-0.39, 0.29) is 5.92 Å². The number of piperidine rings is 1. The molecule has 180 valence electrons. The SMILES string of the molecule is CCCC(C(=O)O)C(Cc1ccc(-c2cccc(CN3CCCCC3)c2)cc1)c1nn[nH][n+]1C. The molecule has 1 aliphatic heterocycles. The Morgan fingerprint density at radius 2 is 1.85 bits per heavy atom. The summed E-state index contributed by atoms with van der Waals surface area (Å²) in [5.41, 5.74) is 4.85. The molecule has 1 aliphatic rings. The molecule has 7 nitrogen and oxygen atoms in total. The van der Waals surface area contributed by atoms with Gasteiger partial charge in [0.05, 0.1) is 18.9 Å². The summed E-state index contributed by atoms with van der Waals surface area (Å²) in [6.07, 6.45) is 5.97. The van der Waals surface area contributed by atoms with Gasteiger partial charge >= 0.3 is 11.8 Å². The Morgan fingerprint density at radius 1 is 1.09 bits per heavy atom. The van der Waals surface area contributed by atoms with Crippen molar-refractivity contribution in [3.05, 3.63) is 65.5 Å². The lowest BCUT2D eigenvalue weighted by Gasteiger charge is -2.26. The van der Waals surface area contributed by atoms with E-state index in [4.69, 9.17) is 0 Å². The Bertz CT molecular complexity index is 1070. The van der Waals surface area contributed by atoms with Crippen molar-refractivity contribution in [2.45, 2.75) is 57.9 Å². The summed E-state index contributed by atoms with van der Waals surface area (Å²) in [4.78, 5) is 14.6. The third-order valence-electron chi connectivity index (χ3n) is 6.95. The first-order valence-electron chi connectivity index (χ1n) is 12.5. The number of benzene rings is 2. The van der Waals surface area contributed by atoms with Gasteiger partial charge in [0.2, 0.25) is 0 Å². The van der Waals surface area contributed by atoms with E-state index < -0.39 is 11.9 Å². The number of likely N-dealkylation sites (tertiary alicyclic amines) is 1. The van der Waals surface area contributed by atoms with Gasteiger partial charge in [0, 0.05) is 6.54 Å². The molecule has 2 aromatic carbocycles. The van der Waals surface area contributed by atoms with E-state index in [1.807, 2.05) is 14.0 Å². The average molecular weight is 463 g/mol. The fraction of sp³-hybridized carbons (Fsp3) is 0.481. The van der Waals surface area contributed by atoms with Crippen molar-refractivity contribution >= 4 is 5.97 Å². The number of carboxylic acids is 1. The van der Waals surface area contributed by atoms with Gasteiger partial charge in [0.15, 0.2) is 5.21 Å². The van der Waals surface area contributed by atoms with Gasteiger partial charge in [-0.15, -0.1) is 0 Å². The number of carboxylic acid groups (broad SMARTS) is 1. The molecule has 0 amide bonds. The molecular formula is C27H36N5O2+. The standard InChI is InChI=1S/C27H35N5O2/c1-3-8-24(27(33)34)25(26-28-29-30-31(26)2)18-20-11-13-22(14-12-20)23-10-7-9-21(17-23)19-32-15-5-4-6-16-32/h7,9-14,17,24-25H,3-6,8,15-16,18-19H2,1-2H3,(H,33,34)/p+1. The maximum Gasteiger partial charge on any atom is 0.307 e. The summed E-state index contributed by atoms with van der Waals surface area (Å²) < 4.78 is 1.72. The van der Waals surface area contributed by atoms with Crippen LogP contribution >= 0.6 is 0 Å². The van der Waals surface area contributed by atoms with Crippen molar-refractivity contribution in [3.63, 3.8) is 0 Å². The molecule has 7 heteroatoms. The largest absolute Gasteiger partial charge is 0.481 e. The molecule has 1 fully saturated rings. The van der Waals surface area contributed by atoms with Crippen LogP contribution in [0.5, 0.6) is 0 Å². The number of rotatable bonds is 10. The zero-order chi connectivity index (χ0) is 23.9. The highest BCUT2D eigenvalue weighted by atomic mass is 16.4. The second-order valence-corrected chi connectivity index (χ2v) is 9.50. The zero-order valence-electron chi connectivity index (χ0n) is 20.3. The van der Waals surface area contributed by atoms with Crippen molar-refractivity contribution in [2.24, 2.45) is 13.0 Å². The molecule has 0 spiro atoms. The molecule has 3 aromatic rings. The van der Waals surface area contributed by atoms with Crippen molar-refractivity contribution in [3.8, 4) is 11.1 Å². The second-order valence-electron chi connectivity index (χ2n) is 9.50. The van der Waals surface area contributed by atoms with Crippen molar-refractivity contribution < 1.29 is 14.6 Å². The number of aliphatic carboxylic acids is 1. The lowest BCUT2D eigenvalue weighted by atomic mass is 9.83. The number of nitrogens with one attached hydrogen (secondary N) is 1. The lowest BCUT2D eigenvalue weighted by Crippen LogP contribution is -2.39. The van der Waals surface area contributed by atoms with Gasteiger partial charge in [-0.25, -0.2) is 0 Å². The van der Waals surface area contributed by atoms with E-state index in [2.05, 4.69) is 69.0 Å². The highest BCUT2D eigenvalue weighted by Crippen LogP contribution is 2.30. The third kappa shape index (κ3) is 5.89. The minimum absolute atomic E-state index is 0.250. The Labute approximate surface area is 201 Å². The van der Waals surface area contributed by atoms with Crippen molar-refractivity contribution in [2.75, 3.05) is 13.1 Å². The molecule has 2 heterocycles. The van der Waals surface area contributed by atoms with Gasteiger partial charge in [-0.05, 0) is 67.1 Å². The number of carbonyl (C=O) groups is 1. The maximum absolute atomic E-state index is 12.1. The van der Waals surface area contributed by atoms with Crippen LogP contribution in [0, 0.1) is 5.92 Å².